The number of hydrogen-bond acceptors (Lipinski definition) is 5. The first-order chi connectivity index (χ1) is 16.6. The lowest BCUT2D eigenvalue weighted by molar-refractivity contribution is -0.148. The van der Waals surface area contributed by atoms with Crippen LogP contribution in [0.1, 0.15) is 60.5 Å². The van der Waals surface area contributed by atoms with E-state index in [1.165, 1.54) is 28.9 Å². The Morgan fingerprint density at radius 3 is 2.86 bits per heavy atom. The van der Waals surface area contributed by atoms with E-state index >= 15 is 0 Å². The maximum Gasteiger partial charge on any atom is 0.348 e. The number of aliphatic hydroxyl groups is 1. The molecular weight excluding hydrogens is 472 g/mol. The number of nitrogens with zero attached hydrogens (tertiary/aromatic N) is 1. The lowest BCUT2D eigenvalue weighted by Crippen LogP contribution is -2.36. The van der Waals surface area contributed by atoms with E-state index in [1.54, 1.807) is 18.2 Å². The quantitative estimate of drug-likeness (QED) is 0.315. The van der Waals surface area contributed by atoms with E-state index in [2.05, 4.69) is 25.2 Å². The van der Waals surface area contributed by atoms with E-state index in [9.17, 15) is 23.5 Å². The van der Waals surface area contributed by atoms with Crippen molar-refractivity contribution in [3.8, 4) is 0 Å². The van der Waals surface area contributed by atoms with Gasteiger partial charge in [0.1, 0.15) is 4.88 Å². The molecule has 2 heterocycles. The smallest absolute Gasteiger partial charge is 0.348 e. The predicted octanol–water partition coefficient (Wildman–Crippen LogP) is 5.56. The first-order valence-corrected chi connectivity index (χ1v) is 13.0. The molecule has 192 valence electrons. The number of carbonyl (C=O) groups is 2. The van der Waals surface area contributed by atoms with E-state index in [1.807, 2.05) is 13.0 Å². The van der Waals surface area contributed by atoms with E-state index in [4.69, 9.17) is 4.74 Å². The number of halogens is 2. The standard InChI is InChI=1S/C27H35F2NO4S/c1-18-6-4-7-20(16-18)10-9-19(2)23(31)13-11-21-17-27(28,29)26(33)30(21)15-5-8-22-12-14-24(35-22)25(32)34-3/h4,7,11-14,16,18-19,21,23,31H,5-6,8-10,15,17H2,1-3H3. The third kappa shape index (κ3) is 7.34. The largest absolute Gasteiger partial charge is 0.465 e. The highest BCUT2D eigenvalue weighted by molar-refractivity contribution is 7.13. The number of likely N-dealkylation sites (tertiary alicyclic amines) is 1. The number of rotatable bonds is 11. The zero-order valence-corrected chi connectivity index (χ0v) is 21.4. The third-order valence-electron chi connectivity index (χ3n) is 6.65. The number of hydrogen-bond donors (Lipinski definition) is 1. The van der Waals surface area contributed by atoms with Crippen LogP contribution < -0.4 is 0 Å². The molecule has 0 aromatic carbocycles. The van der Waals surface area contributed by atoms with E-state index in [0.29, 0.717) is 23.6 Å². The van der Waals surface area contributed by atoms with Gasteiger partial charge >= 0.3 is 11.9 Å². The van der Waals surface area contributed by atoms with Crippen molar-refractivity contribution < 1.29 is 28.2 Å². The van der Waals surface area contributed by atoms with Crippen LogP contribution >= 0.6 is 11.3 Å². The minimum atomic E-state index is -3.40. The molecule has 1 aliphatic carbocycles. The van der Waals surface area contributed by atoms with Crippen LogP contribution in [0.25, 0.3) is 0 Å². The molecule has 3 rings (SSSR count). The Bertz CT molecular complexity index is 984. The summed E-state index contributed by atoms with van der Waals surface area (Å²) in [5.41, 5.74) is 1.27. The zero-order chi connectivity index (χ0) is 25.6. The minimum absolute atomic E-state index is 0.0355. The van der Waals surface area contributed by atoms with Gasteiger partial charge in [0.25, 0.3) is 5.91 Å². The number of allylic oxidation sites excluding steroid dienone is 4. The summed E-state index contributed by atoms with van der Waals surface area (Å²) in [5, 5.41) is 10.6. The third-order valence-corrected chi connectivity index (χ3v) is 7.78. The summed E-state index contributed by atoms with van der Waals surface area (Å²) in [6.45, 7) is 4.30. The summed E-state index contributed by atoms with van der Waals surface area (Å²) in [7, 11) is 1.32. The Kier molecular flexibility index (Phi) is 9.41. The molecule has 1 amide bonds. The van der Waals surface area contributed by atoms with Gasteiger partial charge in [0.2, 0.25) is 0 Å². The Labute approximate surface area is 210 Å². The summed E-state index contributed by atoms with van der Waals surface area (Å²) in [6, 6.07) is 2.74. The van der Waals surface area contributed by atoms with Gasteiger partial charge in [-0.15, -0.1) is 11.3 Å². The maximum absolute atomic E-state index is 14.2. The number of carbonyl (C=O) groups excluding carboxylic acids is 2. The monoisotopic (exact) mass is 507 g/mol. The zero-order valence-electron chi connectivity index (χ0n) is 20.6. The fourth-order valence-corrected chi connectivity index (χ4v) is 5.46. The number of aryl methyl sites for hydroxylation is 1. The maximum atomic E-state index is 14.2. The van der Waals surface area contributed by atoms with E-state index in [0.717, 1.165) is 24.1 Å². The molecule has 0 bridgehead atoms. The average Bonchev–Trinajstić information content (AvgIpc) is 3.38. The van der Waals surface area contributed by atoms with Crippen LogP contribution in [0, 0.1) is 11.8 Å². The van der Waals surface area contributed by atoms with Gasteiger partial charge in [-0.3, -0.25) is 4.79 Å². The van der Waals surface area contributed by atoms with Crippen molar-refractivity contribution in [2.24, 2.45) is 11.8 Å². The number of methoxy groups -OCH3 is 1. The molecule has 1 N–H and O–H groups in total. The van der Waals surface area contributed by atoms with Crippen LogP contribution in [0.2, 0.25) is 0 Å². The topological polar surface area (TPSA) is 66.8 Å². The fraction of sp³-hybridized carbons (Fsp3) is 0.556. The fourth-order valence-electron chi connectivity index (χ4n) is 4.49. The summed E-state index contributed by atoms with van der Waals surface area (Å²) < 4.78 is 33.1. The molecule has 0 radical (unpaired) electrons. The molecule has 1 aromatic heterocycles. The van der Waals surface area contributed by atoms with Crippen LogP contribution in [-0.2, 0) is 16.0 Å². The second kappa shape index (κ2) is 12.1. The highest BCUT2D eigenvalue weighted by Gasteiger charge is 2.52. The van der Waals surface area contributed by atoms with Crippen molar-refractivity contribution in [3.05, 3.63) is 57.8 Å². The van der Waals surface area contributed by atoms with Gasteiger partial charge in [-0.1, -0.05) is 49.8 Å². The summed E-state index contributed by atoms with van der Waals surface area (Å²) in [4.78, 5) is 26.5. The normalized spacial score (nSPS) is 23.5. The van der Waals surface area contributed by atoms with Crippen molar-refractivity contribution in [3.63, 3.8) is 0 Å². The van der Waals surface area contributed by atoms with Crippen molar-refractivity contribution in [2.75, 3.05) is 13.7 Å². The van der Waals surface area contributed by atoms with Crippen LogP contribution in [0.3, 0.4) is 0 Å². The minimum Gasteiger partial charge on any atom is -0.465 e. The number of esters is 1. The molecule has 0 spiro atoms. The number of amides is 1. The second-order valence-corrected chi connectivity index (χ2v) is 10.8. The lowest BCUT2D eigenvalue weighted by Gasteiger charge is -2.22. The first-order valence-electron chi connectivity index (χ1n) is 12.2. The number of ether oxygens (including phenoxy) is 1. The lowest BCUT2D eigenvalue weighted by atomic mass is 9.91. The molecule has 4 unspecified atom stereocenters. The highest BCUT2D eigenvalue weighted by Crippen LogP contribution is 2.35. The summed E-state index contributed by atoms with van der Waals surface area (Å²) >= 11 is 1.30. The molecule has 1 aliphatic heterocycles. The Hall–Kier alpha value is -2.32. The van der Waals surface area contributed by atoms with Crippen molar-refractivity contribution in [1.82, 2.24) is 4.90 Å². The van der Waals surface area contributed by atoms with E-state index < -0.39 is 36.4 Å². The molecule has 5 nitrogen and oxygen atoms in total. The number of thiophene rings is 1. The van der Waals surface area contributed by atoms with E-state index in [-0.39, 0.29) is 12.5 Å². The van der Waals surface area contributed by atoms with Gasteiger partial charge < -0.3 is 14.7 Å². The van der Waals surface area contributed by atoms with Gasteiger partial charge in [-0.25, -0.2) is 4.79 Å². The van der Waals surface area contributed by atoms with Crippen LogP contribution in [0.5, 0.6) is 0 Å². The molecule has 8 heteroatoms. The molecule has 2 aliphatic rings. The van der Waals surface area contributed by atoms with Crippen LogP contribution in [0.4, 0.5) is 8.78 Å². The van der Waals surface area contributed by atoms with Gasteiger partial charge in [0.05, 0.1) is 19.3 Å². The molecule has 35 heavy (non-hydrogen) atoms. The Morgan fingerprint density at radius 2 is 2.14 bits per heavy atom. The SMILES string of the molecule is COC(=O)c1ccc(CCCN2C(=O)C(F)(F)CC2C=CC(O)C(C)CCC2=CC(C)CC=C2)s1. The highest BCUT2D eigenvalue weighted by atomic mass is 32.1. The average molecular weight is 508 g/mol. The summed E-state index contributed by atoms with van der Waals surface area (Å²) in [5.74, 6) is -4.48. The van der Waals surface area contributed by atoms with Gasteiger partial charge in [0.15, 0.2) is 0 Å². The van der Waals surface area contributed by atoms with Crippen LogP contribution in [-0.4, -0.2) is 53.6 Å². The Balaban J connectivity index is 1.54. The molecular formula is C27H35F2NO4S. The molecule has 0 saturated carbocycles. The van der Waals surface area contributed by atoms with Crippen molar-refractivity contribution in [2.45, 2.75) is 70.4 Å². The molecule has 1 saturated heterocycles. The van der Waals surface area contributed by atoms with Gasteiger partial charge in [0, 0.05) is 17.8 Å². The predicted molar refractivity (Wildman–Crippen MR) is 134 cm³/mol. The molecule has 1 fully saturated rings. The first kappa shape index (κ1) is 27.3. The van der Waals surface area contributed by atoms with Crippen molar-refractivity contribution >= 4 is 23.2 Å². The van der Waals surface area contributed by atoms with Gasteiger partial charge in [-0.05, 0) is 56.1 Å². The van der Waals surface area contributed by atoms with Crippen LogP contribution in [0.15, 0.2) is 48.1 Å². The number of alkyl halides is 2. The second-order valence-electron chi connectivity index (χ2n) is 9.58. The van der Waals surface area contributed by atoms with Gasteiger partial charge in [-0.2, -0.15) is 8.78 Å². The Morgan fingerprint density at radius 1 is 1.37 bits per heavy atom. The molecule has 4 atom stereocenters. The van der Waals surface area contributed by atoms with Crippen molar-refractivity contribution in [1.29, 1.82) is 0 Å². The summed E-state index contributed by atoms with van der Waals surface area (Å²) in [6.07, 6.45) is 12.1. The molecule has 1 aromatic rings. The number of aliphatic hydroxyl groups excluding tert-OH is 1.